The molecule has 0 aliphatic rings. The van der Waals surface area contributed by atoms with E-state index in [1.54, 1.807) is 0 Å². The number of rotatable bonds is 3. The average molecular weight is 353 g/mol. The molecule has 86 valence electrons. The van der Waals surface area contributed by atoms with Gasteiger partial charge in [-0.2, -0.15) is 17.6 Å². The molecule has 0 saturated carbocycles. The van der Waals surface area contributed by atoms with Crippen LogP contribution in [0.25, 0.3) is 0 Å². The summed E-state index contributed by atoms with van der Waals surface area (Å²) in [5.41, 5.74) is 0. The molecule has 1 unspecified atom stereocenters. The Morgan fingerprint density at radius 3 is 1.50 bits per heavy atom. The van der Waals surface area contributed by atoms with Crippen molar-refractivity contribution >= 4 is 32.7 Å². The monoisotopic (exact) mass is 353 g/mol. The maximum atomic E-state index is 12.5. The predicted octanol–water partition coefficient (Wildman–Crippen LogP) is 1.88. The summed E-state index contributed by atoms with van der Waals surface area (Å²) < 4.78 is 87.7. The third kappa shape index (κ3) is 2.10. The molecule has 0 aromatic carbocycles. The number of alkyl halides is 6. The van der Waals surface area contributed by atoms with E-state index in [4.69, 9.17) is 0 Å². The van der Waals surface area contributed by atoms with Gasteiger partial charge in [0.1, 0.15) is 0 Å². The second-order valence-electron chi connectivity index (χ2n) is 2.43. The normalized spacial score (nSPS) is 19.1. The Hall–Kier alpha value is 0.290. The van der Waals surface area contributed by atoms with Crippen molar-refractivity contribution < 1.29 is 34.9 Å². The van der Waals surface area contributed by atoms with Crippen molar-refractivity contribution in [1.29, 1.82) is 0 Å². The van der Waals surface area contributed by atoms with Crippen LogP contribution in [0.2, 0.25) is 0 Å². The van der Waals surface area contributed by atoms with Crippen LogP contribution in [-0.4, -0.2) is 27.8 Å². The first-order chi connectivity index (χ1) is 5.75. The zero-order valence-electron chi connectivity index (χ0n) is 6.40. The molecule has 0 aromatic heterocycles. The lowest BCUT2D eigenvalue weighted by Crippen LogP contribution is -2.55. The van der Waals surface area contributed by atoms with Crippen LogP contribution in [0.4, 0.5) is 22.0 Å². The quantitative estimate of drug-likeness (QED) is 0.337. The maximum Gasteiger partial charge on any atom is 0.400 e. The molecule has 0 heterocycles. The average Bonchev–Trinajstić information content (AvgIpc) is 1.81. The van der Waals surface area contributed by atoms with Gasteiger partial charge in [-0.05, 0) is 29.5 Å². The van der Waals surface area contributed by atoms with Crippen LogP contribution >= 0.6 is 22.6 Å². The van der Waals surface area contributed by atoms with Crippen LogP contribution in [0.3, 0.4) is 0 Å². The highest BCUT2D eigenvalue weighted by Gasteiger charge is 2.71. The zero-order valence-corrected chi connectivity index (χ0v) is 9.37. The summed E-state index contributed by atoms with van der Waals surface area (Å²) in [6, 6.07) is 0. The second-order valence-corrected chi connectivity index (χ2v) is 5.88. The molecule has 0 aromatic rings. The van der Waals surface area contributed by atoms with Gasteiger partial charge in [-0.15, -0.1) is 0 Å². The van der Waals surface area contributed by atoms with Gasteiger partial charge in [0, 0.05) is 0 Å². The summed E-state index contributed by atoms with van der Waals surface area (Å²) in [6.45, 7) is 0.0344. The van der Waals surface area contributed by atoms with Crippen molar-refractivity contribution in [2.45, 2.75) is 21.8 Å². The van der Waals surface area contributed by atoms with Crippen LogP contribution in [0.5, 0.6) is 0 Å². The van der Waals surface area contributed by atoms with Gasteiger partial charge < -0.3 is 4.55 Å². The summed E-state index contributed by atoms with van der Waals surface area (Å²) in [5, 5.41) is -5.98. The minimum Gasteiger partial charge on any atom is -0.743 e. The van der Waals surface area contributed by atoms with E-state index < -0.39 is 25.0 Å². The van der Waals surface area contributed by atoms with Crippen LogP contribution in [0.1, 0.15) is 6.92 Å². The first kappa shape index (κ1) is 14.3. The predicted molar refractivity (Wildman–Crippen MR) is 43.1 cm³/mol. The molecule has 0 aliphatic heterocycles. The van der Waals surface area contributed by atoms with Crippen molar-refractivity contribution in [3.8, 4) is 0 Å². The lowest BCUT2D eigenvalue weighted by atomic mass is 10.2. The molecule has 0 radical (unpaired) electrons. The summed E-state index contributed by atoms with van der Waals surface area (Å²) in [6.07, 6.45) is 0. The van der Waals surface area contributed by atoms with E-state index in [1.165, 1.54) is 0 Å². The Morgan fingerprint density at radius 1 is 1.14 bits per heavy atom. The van der Waals surface area contributed by atoms with Gasteiger partial charge in [-0.1, -0.05) is 0 Å². The van der Waals surface area contributed by atoms with Crippen LogP contribution in [-0.2, 0) is 10.1 Å². The molecule has 0 saturated heterocycles. The standard InChI is InChI=1S/C4H4F5IO3S/c1-2(5,10)3(6,7)4(8,9)14(11,12)13/h1H3,(H,11,12,13)/p-1. The van der Waals surface area contributed by atoms with E-state index in [0.717, 1.165) is 0 Å². The highest BCUT2D eigenvalue weighted by atomic mass is 127. The largest absolute Gasteiger partial charge is 0.743 e. The van der Waals surface area contributed by atoms with Gasteiger partial charge in [0.25, 0.3) is 0 Å². The Balaban J connectivity index is 5.54. The van der Waals surface area contributed by atoms with Crippen molar-refractivity contribution in [2.75, 3.05) is 0 Å². The molecule has 0 fully saturated rings. The molecule has 0 spiro atoms. The van der Waals surface area contributed by atoms with E-state index in [2.05, 4.69) is 0 Å². The lowest BCUT2D eigenvalue weighted by Gasteiger charge is -2.33. The van der Waals surface area contributed by atoms with Crippen molar-refractivity contribution in [3.05, 3.63) is 0 Å². The summed E-state index contributed by atoms with van der Waals surface area (Å²) in [5.74, 6) is -5.60. The third-order valence-corrected chi connectivity index (χ3v) is 2.79. The van der Waals surface area contributed by atoms with E-state index in [-0.39, 0.29) is 29.5 Å². The molecule has 0 aliphatic carbocycles. The number of hydrogen-bond acceptors (Lipinski definition) is 3. The van der Waals surface area contributed by atoms with Crippen molar-refractivity contribution in [3.63, 3.8) is 0 Å². The molecular formula is C4H3F5IO3S-. The molecule has 0 bridgehead atoms. The van der Waals surface area contributed by atoms with E-state index in [1.807, 2.05) is 0 Å². The van der Waals surface area contributed by atoms with Crippen molar-refractivity contribution in [2.24, 2.45) is 0 Å². The summed E-state index contributed by atoms with van der Waals surface area (Å²) in [4.78, 5) is 0. The number of hydrogen-bond donors (Lipinski definition) is 0. The topological polar surface area (TPSA) is 57.2 Å². The van der Waals surface area contributed by atoms with Crippen LogP contribution in [0, 0.1) is 0 Å². The highest BCUT2D eigenvalue weighted by Crippen LogP contribution is 2.49. The van der Waals surface area contributed by atoms with Crippen LogP contribution < -0.4 is 0 Å². The van der Waals surface area contributed by atoms with Gasteiger partial charge in [0.05, 0.1) is 0 Å². The van der Waals surface area contributed by atoms with E-state index >= 15 is 0 Å². The van der Waals surface area contributed by atoms with Gasteiger partial charge in [0.15, 0.2) is 10.1 Å². The molecule has 3 nitrogen and oxygen atoms in total. The maximum absolute atomic E-state index is 12.5. The molecule has 1 atom stereocenters. The van der Waals surface area contributed by atoms with Crippen LogP contribution in [0.15, 0.2) is 0 Å². The highest BCUT2D eigenvalue weighted by molar-refractivity contribution is 14.1. The molecule has 0 rings (SSSR count). The summed E-state index contributed by atoms with van der Waals surface area (Å²) in [7, 11) is -6.62. The van der Waals surface area contributed by atoms with Gasteiger partial charge >= 0.3 is 11.2 Å². The Morgan fingerprint density at radius 2 is 1.43 bits per heavy atom. The Kier molecular flexibility index (Phi) is 3.47. The molecule has 0 N–H and O–H groups in total. The molecular weight excluding hydrogens is 350 g/mol. The minimum absolute atomic E-state index is 0.0344. The van der Waals surface area contributed by atoms with Gasteiger partial charge in [-0.25, -0.2) is 12.8 Å². The first-order valence-electron chi connectivity index (χ1n) is 2.84. The SMILES string of the molecule is CC(F)(I)C(F)(F)C(F)(F)S(=O)(=O)[O-]. The fourth-order valence-corrected chi connectivity index (χ4v) is 1.44. The summed E-state index contributed by atoms with van der Waals surface area (Å²) >= 11 is 0.285. The fraction of sp³-hybridized carbons (Fsp3) is 1.00. The van der Waals surface area contributed by atoms with Crippen molar-refractivity contribution in [1.82, 2.24) is 0 Å². The Bertz CT molecular complexity index is 318. The molecule has 10 heteroatoms. The smallest absolute Gasteiger partial charge is 0.400 e. The zero-order chi connectivity index (χ0) is 12.0. The van der Waals surface area contributed by atoms with E-state index in [9.17, 15) is 34.9 Å². The second kappa shape index (κ2) is 3.40. The minimum atomic E-state index is -6.62. The van der Waals surface area contributed by atoms with Gasteiger partial charge in [0.2, 0.25) is 3.68 Å². The molecule has 14 heavy (non-hydrogen) atoms. The lowest BCUT2D eigenvalue weighted by molar-refractivity contribution is -0.198. The van der Waals surface area contributed by atoms with Gasteiger partial charge in [-0.3, -0.25) is 0 Å². The Labute approximate surface area is 89.6 Å². The third-order valence-electron chi connectivity index (χ3n) is 1.23. The molecule has 0 amide bonds. The first-order valence-corrected chi connectivity index (χ1v) is 5.33. The number of halogens is 6. The van der Waals surface area contributed by atoms with E-state index in [0.29, 0.717) is 0 Å². The fourth-order valence-electron chi connectivity index (χ4n) is 0.413.